The van der Waals surface area contributed by atoms with Crippen LogP contribution in [0.15, 0.2) is 50.8 Å². The van der Waals surface area contributed by atoms with Gasteiger partial charge in [0.05, 0.1) is 9.82 Å². The SMILES string of the molecule is O=C(O)c1cc(Sc2cc(Br)ccc2[N+](=O)[O-])ccn1. The number of aromatic nitrogens is 1. The van der Waals surface area contributed by atoms with Gasteiger partial charge >= 0.3 is 5.97 Å². The number of aromatic carboxylic acids is 1. The standard InChI is InChI=1S/C12H7BrN2O4S/c13-7-1-2-10(15(18)19)11(5-7)20-8-3-4-14-9(6-8)12(16)17/h1-6H,(H,16,17). The Morgan fingerprint density at radius 2 is 2.10 bits per heavy atom. The van der Waals surface area contributed by atoms with Crippen LogP contribution in [0.4, 0.5) is 5.69 Å². The van der Waals surface area contributed by atoms with Gasteiger partial charge in [0.1, 0.15) is 5.69 Å². The van der Waals surface area contributed by atoms with Gasteiger partial charge in [-0.2, -0.15) is 0 Å². The number of carboxylic acid groups (broad SMARTS) is 1. The number of carbonyl (C=O) groups is 1. The van der Waals surface area contributed by atoms with Crippen LogP contribution in [0.2, 0.25) is 0 Å². The predicted molar refractivity (Wildman–Crippen MR) is 76.1 cm³/mol. The summed E-state index contributed by atoms with van der Waals surface area (Å²) in [7, 11) is 0. The smallest absolute Gasteiger partial charge is 0.354 e. The highest BCUT2D eigenvalue weighted by Crippen LogP contribution is 2.36. The van der Waals surface area contributed by atoms with Crippen LogP contribution < -0.4 is 0 Å². The van der Waals surface area contributed by atoms with Crippen LogP contribution in [-0.4, -0.2) is 21.0 Å². The van der Waals surface area contributed by atoms with Crippen molar-refractivity contribution in [1.82, 2.24) is 4.98 Å². The number of benzene rings is 1. The predicted octanol–water partition coefficient (Wildman–Crippen LogP) is 3.60. The molecule has 1 aromatic heterocycles. The molecule has 0 amide bonds. The lowest BCUT2D eigenvalue weighted by atomic mass is 10.3. The largest absolute Gasteiger partial charge is 0.477 e. The molecule has 0 saturated heterocycles. The number of rotatable bonds is 4. The third-order valence-electron chi connectivity index (χ3n) is 2.30. The van der Waals surface area contributed by atoms with Crippen LogP contribution in [-0.2, 0) is 0 Å². The first-order valence-electron chi connectivity index (χ1n) is 5.28. The molecule has 0 fully saturated rings. The normalized spacial score (nSPS) is 10.2. The lowest BCUT2D eigenvalue weighted by Crippen LogP contribution is -1.99. The van der Waals surface area contributed by atoms with Gasteiger partial charge in [0.2, 0.25) is 0 Å². The number of hydrogen-bond donors (Lipinski definition) is 1. The van der Waals surface area contributed by atoms with Crippen molar-refractivity contribution in [2.45, 2.75) is 9.79 Å². The Bertz CT molecular complexity index is 693. The van der Waals surface area contributed by atoms with Crippen LogP contribution in [0, 0.1) is 10.1 Å². The van der Waals surface area contributed by atoms with Crippen molar-refractivity contribution in [2.75, 3.05) is 0 Å². The van der Waals surface area contributed by atoms with Gasteiger partial charge in [0, 0.05) is 21.6 Å². The number of carboxylic acids is 1. The van der Waals surface area contributed by atoms with Crippen LogP contribution in [0.1, 0.15) is 10.5 Å². The van der Waals surface area contributed by atoms with E-state index < -0.39 is 10.9 Å². The van der Waals surface area contributed by atoms with Crippen molar-refractivity contribution >= 4 is 39.3 Å². The van der Waals surface area contributed by atoms with Gasteiger partial charge in [-0.05, 0) is 24.3 Å². The first-order valence-corrected chi connectivity index (χ1v) is 6.89. The molecule has 1 aromatic carbocycles. The second-order valence-electron chi connectivity index (χ2n) is 3.65. The molecule has 0 radical (unpaired) electrons. The number of nitrogens with zero attached hydrogens (tertiary/aromatic N) is 2. The quantitative estimate of drug-likeness (QED) is 0.665. The molecule has 0 aliphatic heterocycles. The van der Waals surface area contributed by atoms with Crippen molar-refractivity contribution in [2.24, 2.45) is 0 Å². The zero-order valence-electron chi connectivity index (χ0n) is 9.82. The minimum atomic E-state index is -1.14. The van der Waals surface area contributed by atoms with E-state index in [0.29, 0.717) is 14.3 Å². The highest BCUT2D eigenvalue weighted by Gasteiger charge is 2.16. The maximum Gasteiger partial charge on any atom is 0.354 e. The summed E-state index contributed by atoms with van der Waals surface area (Å²) in [6.45, 7) is 0. The number of halogens is 1. The summed E-state index contributed by atoms with van der Waals surface area (Å²) in [5.74, 6) is -1.14. The fourth-order valence-corrected chi connectivity index (χ4v) is 2.94. The van der Waals surface area contributed by atoms with Gasteiger partial charge in [-0.1, -0.05) is 27.7 Å². The fourth-order valence-electron chi connectivity index (χ4n) is 1.44. The van der Waals surface area contributed by atoms with Gasteiger partial charge in [0.25, 0.3) is 5.69 Å². The molecule has 0 aliphatic rings. The summed E-state index contributed by atoms with van der Waals surface area (Å²) in [6, 6.07) is 7.56. The monoisotopic (exact) mass is 354 g/mol. The van der Waals surface area contributed by atoms with Crippen LogP contribution in [0.5, 0.6) is 0 Å². The third-order valence-corrected chi connectivity index (χ3v) is 3.83. The second kappa shape index (κ2) is 6.02. The van der Waals surface area contributed by atoms with E-state index in [0.717, 1.165) is 11.8 Å². The molecule has 20 heavy (non-hydrogen) atoms. The highest BCUT2D eigenvalue weighted by atomic mass is 79.9. The van der Waals surface area contributed by atoms with Crippen molar-refractivity contribution < 1.29 is 14.8 Å². The maximum absolute atomic E-state index is 11.0. The number of nitro benzene ring substituents is 1. The van der Waals surface area contributed by atoms with Gasteiger partial charge in [-0.25, -0.2) is 9.78 Å². The van der Waals surface area contributed by atoms with E-state index in [9.17, 15) is 14.9 Å². The Balaban J connectivity index is 2.39. The number of pyridine rings is 1. The molecule has 1 heterocycles. The van der Waals surface area contributed by atoms with Crippen molar-refractivity contribution in [3.05, 3.63) is 56.8 Å². The average molecular weight is 355 g/mol. The van der Waals surface area contributed by atoms with Crippen molar-refractivity contribution in [3.63, 3.8) is 0 Å². The maximum atomic E-state index is 11.0. The summed E-state index contributed by atoms with van der Waals surface area (Å²) in [5.41, 5.74) is -0.139. The molecular formula is C12H7BrN2O4S. The zero-order chi connectivity index (χ0) is 14.7. The van der Waals surface area contributed by atoms with E-state index >= 15 is 0 Å². The fraction of sp³-hybridized carbons (Fsp3) is 0. The Kier molecular flexibility index (Phi) is 4.35. The molecule has 2 aromatic rings. The number of nitro groups is 1. The lowest BCUT2D eigenvalue weighted by Gasteiger charge is -2.04. The molecule has 8 heteroatoms. The molecule has 6 nitrogen and oxygen atoms in total. The van der Waals surface area contributed by atoms with E-state index in [1.165, 1.54) is 18.3 Å². The summed E-state index contributed by atoms with van der Waals surface area (Å²) in [5, 5.41) is 19.8. The lowest BCUT2D eigenvalue weighted by molar-refractivity contribution is -0.387. The van der Waals surface area contributed by atoms with Gasteiger partial charge < -0.3 is 5.11 Å². The first-order chi connectivity index (χ1) is 9.47. The average Bonchev–Trinajstić information content (AvgIpc) is 2.38. The van der Waals surface area contributed by atoms with E-state index in [1.807, 2.05) is 0 Å². The third kappa shape index (κ3) is 3.34. The Morgan fingerprint density at radius 3 is 2.75 bits per heavy atom. The van der Waals surface area contributed by atoms with Gasteiger partial charge in [-0.3, -0.25) is 10.1 Å². The summed E-state index contributed by atoms with van der Waals surface area (Å²) < 4.78 is 0.707. The molecule has 1 N–H and O–H groups in total. The topological polar surface area (TPSA) is 93.3 Å². The highest BCUT2D eigenvalue weighted by molar-refractivity contribution is 9.10. The molecule has 2 rings (SSSR count). The Morgan fingerprint density at radius 1 is 1.35 bits per heavy atom. The molecule has 0 spiro atoms. The Hall–Kier alpha value is -1.93. The zero-order valence-corrected chi connectivity index (χ0v) is 12.2. The molecular weight excluding hydrogens is 348 g/mol. The minimum absolute atomic E-state index is 0.0353. The van der Waals surface area contributed by atoms with Crippen molar-refractivity contribution in [1.29, 1.82) is 0 Å². The van der Waals surface area contributed by atoms with Crippen LogP contribution >= 0.6 is 27.7 Å². The van der Waals surface area contributed by atoms with Gasteiger partial charge in [0.15, 0.2) is 0 Å². The molecule has 0 bridgehead atoms. The van der Waals surface area contributed by atoms with Crippen molar-refractivity contribution in [3.8, 4) is 0 Å². The number of hydrogen-bond acceptors (Lipinski definition) is 5. The van der Waals surface area contributed by atoms with Crippen LogP contribution in [0.3, 0.4) is 0 Å². The first kappa shape index (κ1) is 14.5. The Labute approximate surface area is 126 Å². The summed E-state index contributed by atoms with van der Waals surface area (Å²) >= 11 is 4.37. The molecule has 0 unspecified atom stereocenters. The summed E-state index contributed by atoms with van der Waals surface area (Å²) in [4.78, 5) is 26.0. The summed E-state index contributed by atoms with van der Waals surface area (Å²) in [6.07, 6.45) is 1.36. The van der Waals surface area contributed by atoms with E-state index in [-0.39, 0.29) is 11.4 Å². The second-order valence-corrected chi connectivity index (χ2v) is 5.68. The molecule has 0 aliphatic carbocycles. The van der Waals surface area contributed by atoms with Gasteiger partial charge in [-0.15, -0.1) is 0 Å². The van der Waals surface area contributed by atoms with Crippen LogP contribution in [0.25, 0.3) is 0 Å². The van der Waals surface area contributed by atoms with E-state index in [2.05, 4.69) is 20.9 Å². The molecule has 102 valence electrons. The van der Waals surface area contributed by atoms with E-state index in [4.69, 9.17) is 5.11 Å². The molecule has 0 saturated carbocycles. The minimum Gasteiger partial charge on any atom is -0.477 e. The molecule has 0 atom stereocenters. The van der Waals surface area contributed by atoms with E-state index in [1.54, 1.807) is 18.2 Å².